The van der Waals surface area contributed by atoms with Gasteiger partial charge in [-0.25, -0.2) is 15.0 Å². The number of aromatic nitrogens is 4. The van der Waals surface area contributed by atoms with Crippen molar-refractivity contribution in [2.45, 2.75) is 19.3 Å². The summed E-state index contributed by atoms with van der Waals surface area (Å²) in [5.41, 5.74) is 13.0. The lowest BCUT2D eigenvalue weighted by Crippen LogP contribution is -2.14. The number of fused-ring (bicyclic) bond motifs is 7. The van der Waals surface area contributed by atoms with Gasteiger partial charge >= 0.3 is 0 Å². The molecule has 0 fully saturated rings. The smallest absolute Gasteiger partial charge is 0.164 e. The molecule has 0 amide bonds. The van der Waals surface area contributed by atoms with Gasteiger partial charge in [-0.2, -0.15) is 0 Å². The van der Waals surface area contributed by atoms with Gasteiger partial charge in [0.1, 0.15) is 11.3 Å². The third-order valence-electron chi connectivity index (χ3n) is 11.3. The zero-order chi connectivity index (χ0) is 36.7. The second-order valence-electron chi connectivity index (χ2n) is 14.9. The summed E-state index contributed by atoms with van der Waals surface area (Å²) in [5, 5.41) is 3.41. The maximum absolute atomic E-state index is 6.19. The lowest BCUT2D eigenvalue weighted by molar-refractivity contribution is 0.631. The molecule has 0 spiro atoms. The van der Waals surface area contributed by atoms with Crippen molar-refractivity contribution in [1.82, 2.24) is 19.5 Å². The number of benzene rings is 7. The Morgan fingerprint density at radius 2 is 1.11 bits per heavy atom. The summed E-state index contributed by atoms with van der Waals surface area (Å²) in [6.07, 6.45) is 0. The van der Waals surface area contributed by atoms with E-state index in [1.165, 1.54) is 27.6 Å². The Morgan fingerprint density at radius 3 is 1.96 bits per heavy atom. The summed E-state index contributed by atoms with van der Waals surface area (Å²) in [7, 11) is 0. The number of hydrogen-bond acceptors (Lipinski definition) is 4. The molecule has 10 aromatic rings. The van der Waals surface area contributed by atoms with Gasteiger partial charge in [0.25, 0.3) is 0 Å². The fourth-order valence-electron chi connectivity index (χ4n) is 8.57. The molecule has 0 aliphatic heterocycles. The molecule has 3 heterocycles. The zero-order valence-electron chi connectivity index (χ0n) is 30.4. The van der Waals surface area contributed by atoms with Gasteiger partial charge in [-0.3, -0.25) is 0 Å². The van der Waals surface area contributed by atoms with E-state index in [0.29, 0.717) is 17.5 Å². The number of rotatable bonds is 5. The third kappa shape index (κ3) is 4.90. The van der Waals surface area contributed by atoms with Crippen LogP contribution in [0, 0.1) is 0 Å². The van der Waals surface area contributed by atoms with Gasteiger partial charge in [0.15, 0.2) is 17.5 Å². The monoisotopic (exact) mass is 706 g/mol. The van der Waals surface area contributed by atoms with Crippen LogP contribution >= 0.6 is 0 Å². The van der Waals surface area contributed by atoms with E-state index in [0.717, 1.165) is 61.1 Å². The van der Waals surface area contributed by atoms with Crippen LogP contribution in [0.5, 0.6) is 0 Å². The standard InChI is InChI=1S/C50H34N4O/c1-50(2)40-19-9-7-17-37(40)46-38(18-12-20-41(46)50)49-52-47(32-25-23-31(24-26-32)45-30-33-13-6-11-22-44(33)55-45)51-48(53-49)34-27-28-43-39(29-34)36-16-8-10-21-42(36)54(43)35-14-4-3-5-15-35/h3-30H,1-2H3. The van der Waals surface area contributed by atoms with Crippen molar-refractivity contribution in [3.63, 3.8) is 0 Å². The first kappa shape index (κ1) is 31.4. The fraction of sp³-hybridized carbons (Fsp3) is 0.0600. The van der Waals surface area contributed by atoms with Crippen LogP contribution in [0.3, 0.4) is 0 Å². The SMILES string of the molecule is CC1(C)c2ccccc2-c2c(-c3nc(-c4ccc(-c5cc6ccccc6o5)cc4)nc(-c4ccc5c(c4)c4ccccc4n5-c4ccccc4)n3)cccc21. The van der Waals surface area contributed by atoms with Crippen molar-refractivity contribution >= 4 is 32.8 Å². The second kappa shape index (κ2) is 12.0. The van der Waals surface area contributed by atoms with Crippen LogP contribution < -0.4 is 0 Å². The van der Waals surface area contributed by atoms with Gasteiger partial charge in [-0.05, 0) is 70.8 Å². The predicted molar refractivity (Wildman–Crippen MR) is 223 cm³/mol. The van der Waals surface area contributed by atoms with Crippen molar-refractivity contribution in [3.05, 3.63) is 181 Å². The first-order valence-corrected chi connectivity index (χ1v) is 18.7. The van der Waals surface area contributed by atoms with Gasteiger partial charge < -0.3 is 8.98 Å². The molecule has 5 nitrogen and oxygen atoms in total. The molecule has 0 unspecified atom stereocenters. The van der Waals surface area contributed by atoms with E-state index in [1.54, 1.807) is 0 Å². The van der Waals surface area contributed by atoms with E-state index in [1.807, 2.05) is 18.2 Å². The first-order valence-electron chi connectivity index (χ1n) is 18.7. The number of nitrogens with zero attached hydrogens (tertiary/aromatic N) is 4. The minimum Gasteiger partial charge on any atom is -0.456 e. The summed E-state index contributed by atoms with van der Waals surface area (Å²) in [6.45, 7) is 4.60. The van der Waals surface area contributed by atoms with Crippen molar-refractivity contribution in [1.29, 1.82) is 0 Å². The first-order chi connectivity index (χ1) is 27.0. The molecule has 0 saturated heterocycles. The minimum atomic E-state index is -0.148. The Hall–Kier alpha value is -7.11. The molecule has 11 rings (SSSR count). The lowest BCUT2D eigenvalue weighted by Gasteiger charge is -2.21. The molecule has 0 radical (unpaired) electrons. The molecule has 7 aromatic carbocycles. The number of para-hydroxylation sites is 3. The average molecular weight is 707 g/mol. The Balaban J connectivity index is 1.11. The zero-order valence-corrected chi connectivity index (χ0v) is 30.4. The fourth-order valence-corrected chi connectivity index (χ4v) is 8.57. The molecule has 0 bridgehead atoms. The molecule has 5 heteroatoms. The second-order valence-corrected chi connectivity index (χ2v) is 14.9. The highest BCUT2D eigenvalue weighted by molar-refractivity contribution is 6.10. The van der Waals surface area contributed by atoms with E-state index < -0.39 is 0 Å². The lowest BCUT2D eigenvalue weighted by atomic mass is 9.82. The molecular formula is C50H34N4O. The minimum absolute atomic E-state index is 0.148. The van der Waals surface area contributed by atoms with E-state index in [9.17, 15) is 0 Å². The normalized spacial score (nSPS) is 13.1. The Kier molecular flexibility index (Phi) is 6.83. The summed E-state index contributed by atoms with van der Waals surface area (Å²) >= 11 is 0. The Morgan fingerprint density at radius 1 is 0.473 bits per heavy atom. The topological polar surface area (TPSA) is 56.7 Å². The summed E-state index contributed by atoms with van der Waals surface area (Å²) in [4.78, 5) is 15.7. The van der Waals surface area contributed by atoms with Crippen LogP contribution in [0.1, 0.15) is 25.0 Å². The molecule has 3 aromatic heterocycles. The molecule has 0 N–H and O–H groups in total. The highest BCUT2D eigenvalue weighted by Gasteiger charge is 2.37. The van der Waals surface area contributed by atoms with E-state index in [-0.39, 0.29) is 5.41 Å². The van der Waals surface area contributed by atoms with Gasteiger partial charge in [-0.15, -0.1) is 0 Å². The quantitative estimate of drug-likeness (QED) is 0.179. The largest absolute Gasteiger partial charge is 0.456 e. The molecule has 260 valence electrons. The molecule has 0 atom stereocenters. The van der Waals surface area contributed by atoms with Crippen LogP contribution in [0.4, 0.5) is 0 Å². The summed E-state index contributed by atoms with van der Waals surface area (Å²) < 4.78 is 8.52. The third-order valence-corrected chi connectivity index (χ3v) is 11.3. The van der Waals surface area contributed by atoms with Crippen LogP contribution in [0.15, 0.2) is 174 Å². The Labute approximate surface area is 318 Å². The van der Waals surface area contributed by atoms with E-state index in [4.69, 9.17) is 19.4 Å². The van der Waals surface area contributed by atoms with Gasteiger partial charge in [0, 0.05) is 49.5 Å². The highest BCUT2D eigenvalue weighted by atomic mass is 16.3. The molecule has 1 aliphatic carbocycles. The van der Waals surface area contributed by atoms with Crippen molar-refractivity contribution in [2.24, 2.45) is 0 Å². The molecule has 0 saturated carbocycles. The summed E-state index contributed by atoms with van der Waals surface area (Å²) in [5.74, 6) is 2.72. The van der Waals surface area contributed by atoms with Gasteiger partial charge in [0.2, 0.25) is 0 Å². The van der Waals surface area contributed by atoms with Crippen molar-refractivity contribution < 1.29 is 4.42 Å². The van der Waals surface area contributed by atoms with Crippen LogP contribution in [-0.4, -0.2) is 19.5 Å². The molecular weight excluding hydrogens is 673 g/mol. The van der Waals surface area contributed by atoms with E-state index in [2.05, 4.69) is 170 Å². The van der Waals surface area contributed by atoms with Crippen LogP contribution in [0.25, 0.3) is 95.1 Å². The van der Waals surface area contributed by atoms with Crippen molar-refractivity contribution in [3.8, 4) is 62.3 Å². The predicted octanol–water partition coefficient (Wildman–Crippen LogP) is 12.7. The average Bonchev–Trinajstić information content (AvgIpc) is 3.89. The molecule has 1 aliphatic rings. The maximum atomic E-state index is 6.19. The van der Waals surface area contributed by atoms with Gasteiger partial charge in [-0.1, -0.05) is 135 Å². The molecule has 55 heavy (non-hydrogen) atoms. The number of hydrogen-bond donors (Lipinski definition) is 0. The van der Waals surface area contributed by atoms with Gasteiger partial charge in [0.05, 0.1) is 11.0 Å². The Bertz CT molecular complexity index is 3080. The van der Waals surface area contributed by atoms with Crippen molar-refractivity contribution in [2.75, 3.05) is 0 Å². The maximum Gasteiger partial charge on any atom is 0.164 e. The summed E-state index contributed by atoms with van der Waals surface area (Å²) in [6, 6.07) is 59.5. The van der Waals surface area contributed by atoms with Crippen LogP contribution in [-0.2, 0) is 5.41 Å². The number of furan rings is 1. The van der Waals surface area contributed by atoms with Crippen LogP contribution in [0.2, 0.25) is 0 Å². The van der Waals surface area contributed by atoms with E-state index >= 15 is 0 Å². The highest BCUT2D eigenvalue weighted by Crippen LogP contribution is 2.51.